The van der Waals surface area contributed by atoms with E-state index < -0.39 is 0 Å². The Morgan fingerprint density at radius 1 is 1.19 bits per heavy atom. The minimum Gasteiger partial charge on any atom is -0.396 e. The van der Waals surface area contributed by atoms with Gasteiger partial charge in [-0.15, -0.1) is 0 Å². The summed E-state index contributed by atoms with van der Waals surface area (Å²) in [7, 11) is 0. The summed E-state index contributed by atoms with van der Waals surface area (Å²) in [4.78, 5) is 2.67. The summed E-state index contributed by atoms with van der Waals surface area (Å²) in [5.41, 5.74) is 0.255. The molecule has 2 rings (SSSR count). The maximum Gasteiger partial charge on any atom is 0.0499 e. The Hall–Kier alpha value is -0.0800. The van der Waals surface area contributed by atoms with E-state index in [4.69, 9.17) is 0 Å². The number of rotatable bonds is 4. The van der Waals surface area contributed by atoms with Gasteiger partial charge in [-0.2, -0.15) is 0 Å². The molecule has 94 valence electrons. The van der Waals surface area contributed by atoms with E-state index in [1.165, 1.54) is 57.9 Å². The summed E-state index contributed by atoms with van der Waals surface area (Å²) in [5.74, 6) is 0. The van der Waals surface area contributed by atoms with E-state index in [-0.39, 0.29) is 5.41 Å². The molecule has 2 aliphatic rings. The molecular formula is C14H27NO. The fourth-order valence-electron chi connectivity index (χ4n) is 3.65. The summed E-state index contributed by atoms with van der Waals surface area (Å²) in [5, 5.41) is 9.68. The molecule has 2 nitrogen and oxygen atoms in total. The van der Waals surface area contributed by atoms with E-state index in [1.807, 2.05) is 0 Å². The average molecular weight is 225 g/mol. The number of hydrogen-bond donors (Lipinski definition) is 1. The van der Waals surface area contributed by atoms with E-state index in [0.717, 1.165) is 12.6 Å². The second-order valence-corrected chi connectivity index (χ2v) is 5.89. The van der Waals surface area contributed by atoms with Crippen molar-refractivity contribution < 1.29 is 5.11 Å². The lowest BCUT2D eigenvalue weighted by atomic mass is 9.85. The van der Waals surface area contributed by atoms with Crippen molar-refractivity contribution in [2.45, 2.75) is 64.3 Å². The maximum absolute atomic E-state index is 9.68. The lowest BCUT2D eigenvalue weighted by molar-refractivity contribution is 0.0412. The molecule has 0 bridgehead atoms. The summed E-state index contributed by atoms with van der Waals surface area (Å²) in [6.07, 6.45) is 10.6. The van der Waals surface area contributed by atoms with E-state index in [2.05, 4.69) is 11.8 Å². The smallest absolute Gasteiger partial charge is 0.0499 e. The quantitative estimate of drug-likeness (QED) is 0.795. The van der Waals surface area contributed by atoms with Crippen LogP contribution in [0, 0.1) is 5.41 Å². The summed E-state index contributed by atoms with van der Waals surface area (Å²) >= 11 is 0. The van der Waals surface area contributed by atoms with Crippen molar-refractivity contribution in [3.63, 3.8) is 0 Å². The fourth-order valence-corrected chi connectivity index (χ4v) is 3.65. The van der Waals surface area contributed by atoms with Crippen molar-refractivity contribution in [2.75, 3.05) is 19.7 Å². The Bertz CT molecular complexity index is 211. The Balaban J connectivity index is 1.95. The minimum atomic E-state index is 0.255. The molecule has 1 unspecified atom stereocenters. The van der Waals surface area contributed by atoms with Gasteiger partial charge in [0.2, 0.25) is 0 Å². The first-order valence-electron chi connectivity index (χ1n) is 7.14. The molecule has 1 atom stereocenters. The van der Waals surface area contributed by atoms with Crippen LogP contribution in [-0.4, -0.2) is 35.7 Å². The Labute approximate surface area is 100 Å². The zero-order valence-corrected chi connectivity index (χ0v) is 10.7. The van der Waals surface area contributed by atoms with E-state index in [9.17, 15) is 5.11 Å². The third-order valence-corrected chi connectivity index (χ3v) is 4.76. The average Bonchev–Trinajstić information content (AvgIpc) is 2.79. The molecule has 0 amide bonds. The van der Waals surface area contributed by atoms with Gasteiger partial charge in [-0.3, -0.25) is 4.90 Å². The Morgan fingerprint density at radius 3 is 2.56 bits per heavy atom. The molecule has 1 heterocycles. The third kappa shape index (κ3) is 2.60. The SMILES string of the molecule is CCC1CCCCN1CC1(CO)CCCC1. The highest BCUT2D eigenvalue weighted by Crippen LogP contribution is 2.39. The largest absolute Gasteiger partial charge is 0.396 e. The van der Waals surface area contributed by atoms with E-state index >= 15 is 0 Å². The minimum absolute atomic E-state index is 0.255. The summed E-state index contributed by atoms with van der Waals surface area (Å²) < 4.78 is 0. The first-order valence-corrected chi connectivity index (χ1v) is 7.14. The van der Waals surface area contributed by atoms with Crippen molar-refractivity contribution in [3.05, 3.63) is 0 Å². The highest BCUT2D eigenvalue weighted by molar-refractivity contribution is 4.89. The molecule has 0 spiro atoms. The lowest BCUT2D eigenvalue weighted by Crippen LogP contribution is -2.46. The molecule has 1 aliphatic heterocycles. The summed E-state index contributed by atoms with van der Waals surface area (Å²) in [6.45, 7) is 5.13. The van der Waals surface area contributed by atoms with Crippen molar-refractivity contribution >= 4 is 0 Å². The zero-order valence-electron chi connectivity index (χ0n) is 10.7. The van der Waals surface area contributed by atoms with E-state index in [0.29, 0.717) is 6.61 Å². The maximum atomic E-state index is 9.68. The van der Waals surface area contributed by atoms with Gasteiger partial charge >= 0.3 is 0 Å². The standard InChI is InChI=1S/C14H27NO/c1-2-13-7-3-6-10-15(13)11-14(12-16)8-4-5-9-14/h13,16H,2-12H2,1H3. The zero-order chi connectivity index (χ0) is 11.4. The number of nitrogens with zero attached hydrogens (tertiary/aromatic N) is 1. The van der Waals surface area contributed by atoms with Crippen LogP contribution in [0.3, 0.4) is 0 Å². The van der Waals surface area contributed by atoms with Crippen LogP contribution in [0.2, 0.25) is 0 Å². The van der Waals surface area contributed by atoms with Gasteiger partial charge < -0.3 is 5.11 Å². The van der Waals surface area contributed by atoms with Crippen LogP contribution in [0.25, 0.3) is 0 Å². The van der Waals surface area contributed by atoms with Crippen molar-refractivity contribution in [3.8, 4) is 0 Å². The predicted octanol–water partition coefficient (Wildman–Crippen LogP) is 2.80. The van der Waals surface area contributed by atoms with Crippen LogP contribution < -0.4 is 0 Å². The number of piperidine rings is 1. The fraction of sp³-hybridized carbons (Fsp3) is 1.00. The summed E-state index contributed by atoms with van der Waals surface area (Å²) in [6, 6.07) is 0.790. The van der Waals surface area contributed by atoms with Crippen LogP contribution >= 0.6 is 0 Å². The molecule has 0 radical (unpaired) electrons. The molecule has 1 saturated carbocycles. The normalized spacial score (nSPS) is 30.8. The molecule has 1 saturated heterocycles. The Kier molecular flexibility index (Phi) is 4.26. The number of likely N-dealkylation sites (tertiary alicyclic amines) is 1. The predicted molar refractivity (Wildman–Crippen MR) is 67.5 cm³/mol. The van der Waals surface area contributed by atoms with Gasteiger partial charge in [-0.1, -0.05) is 26.2 Å². The van der Waals surface area contributed by atoms with Crippen LogP contribution in [0.1, 0.15) is 58.3 Å². The first kappa shape index (κ1) is 12.4. The second-order valence-electron chi connectivity index (χ2n) is 5.89. The monoisotopic (exact) mass is 225 g/mol. The van der Waals surface area contributed by atoms with E-state index in [1.54, 1.807) is 0 Å². The molecule has 2 heteroatoms. The molecule has 1 aliphatic carbocycles. The van der Waals surface area contributed by atoms with Gasteiger partial charge in [-0.25, -0.2) is 0 Å². The molecule has 0 aromatic heterocycles. The van der Waals surface area contributed by atoms with Gasteiger partial charge in [0.15, 0.2) is 0 Å². The molecule has 16 heavy (non-hydrogen) atoms. The van der Waals surface area contributed by atoms with Gasteiger partial charge in [-0.05, 0) is 38.6 Å². The molecule has 1 N–H and O–H groups in total. The van der Waals surface area contributed by atoms with Gasteiger partial charge in [0.1, 0.15) is 0 Å². The molecular weight excluding hydrogens is 198 g/mol. The highest BCUT2D eigenvalue weighted by atomic mass is 16.3. The molecule has 0 aromatic rings. The van der Waals surface area contributed by atoms with Crippen molar-refractivity contribution in [2.24, 2.45) is 5.41 Å². The highest BCUT2D eigenvalue weighted by Gasteiger charge is 2.36. The van der Waals surface area contributed by atoms with Gasteiger partial charge in [0.25, 0.3) is 0 Å². The van der Waals surface area contributed by atoms with Crippen molar-refractivity contribution in [1.82, 2.24) is 4.90 Å². The van der Waals surface area contributed by atoms with Crippen LogP contribution in [0.4, 0.5) is 0 Å². The second kappa shape index (κ2) is 5.50. The number of aliphatic hydroxyl groups excluding tert-OH is 1. The van der Waals surface area contributed by atoms with Crippen LogP contribution in [0.15, 0.2) is 0 Å². The first-order chi connectivity index (χ1) is 7.79. The van der Waals surface area contributed by atoms with Crippen LogP contribution in [-0.2, 0) is 0 Å². The van der Waals surface area contributed by atoms with Gasteiger partial charge in [0, 0.05) is 24.6 Å². The lowest BCUT2D eigenvalue weighted by Gasteiger charge is -2.41. The molecule has 0 aromatic carbocycles. The van der Waals surface area contributed by atoms with Crippen molar-refractivity contribution in [1.29, 1.82) is 0 Å². The number of hydrogen-bond acceptors (Lipinski definition) is 2. The number of aliphatic hydroxyl groups is 1. The van der Waals surface area contributed by atoms with Crippen LogP contribution in [0.5, 0.6) is 0 Å². The van der Waals surface area contributed by atoms with Gasteiger partial charge in [0.05, 0.1) is 0 Å². The Morgan fingerprint density at radius 2 is 1.94 bits per heavy atom. The third-order valence-electron chi connectivity index (χ3n) is 4.76. The molecule has 2 fully saturated rings. The topological polar surface area (TPSA) is 23.5 Å².